The molecule has 3 rings (SSSR count). The number of methoxy groups -OCH3 is 1. The molecule has 1 atom stereocenters. The quantitative estimate of drug-likeness (QED) is 0.688. The number of ether oxygens (including phenoxy) is 2. The van der Waals surface area contributed by atoms with Gasteiger partial charge in [0, 0.05) is 18.1 Å². The summed E-state index contributed by atoms with van der Waals surface area (Å²) in [5, 5.41) is 3.28. The molecule has 0 radical (unpaired) electrons. The van der Waals surface area contributed by atoms with Crippen molar-refractivity contribution >= 4 is 33.2 Å². The van der Waals surface area contributed by atoms with Crippen LogP contribution < -0.4 is 14.8 Å². The second-order valence-corrected chi connectivity index (χ2v) is 9.40. The molecule has 2 aromatic rings. The first-order chi connectivity index (χ1) is 14.3. The lowest BCUT2D eigenvalue weighted by Gasteiger charge is -2.26. The van der Waals surface area contributed by atoms with Gasteiger partial charge in [0.2, 0.25) is 10.0 Å². The molecule has 1 aliphatic heterocycles. The summed E-state index contributed by atoms with van der Waals surface area (Å²) in [4.78, 5) is 12.8. The van der Waals surface area contributed by atoms with E-state index in [1.54, 1.807) is 31.2 Å². The number of hydrogen-bond donors (Lipinski definition) is 1. The van der Waals surface area contributed by atoms with E-state index in [0.717, 1.165) is 19.3 Å². The molecule has 1 N–H and O–H groups in total. The summed E-state index contributed by atoms with van der Waals surface area (Å²) in [6, 6.07) is 11.1. The van der Waals surface area contributed by atoms with Crippen LogP contribution in [0.5, 0.6) is 11.5 Å². The number of nitrogens with one attached hydrogen (secondary N) is 1. The Hall–Kier alpha value is -2.29. The minimum Gasteiger partial charge on any atom is -0.495 e. The van der Waals surface area contributed by atoms with E-state index in [1.807, 2.05) is 0 Å². The third-order valence-electron chi connectivity index (χ3n) is 4.88. The normalized spacial score (nSPS) is 16.0. The van der Waals surface area contributed by atoms with E-state index in [0.29, 0.717) is 29.6 Å². The molecule has 1 saturated heterocycles. The summed E-state index contributed by atoms with van der Waals surface area (Å²) in [5.41, 5.74) is 0.271. The zero-order valence-electron chi connectivity index (χ0n) is 16.9. The molecular formula is C21H25ClN2O5S. The summed E-state index contributed by atoms with van der Waals surface area (Å²) < 4.78 is 38.3. The van der Waals surface area contributed by atoms with E-state index in [1.165, 1.54) is 29.6 Å². The van der Waals surface area contributed by atoms with Crippen LogP contribution in [0.2, 0.25) is 5.02 Å². The highest BCUT2D eigenvalue weighted by molar-refractivity contribution is 7.89. The van der Waals surface area contributed by atoms with Crippen LogP contribution in [0.4, 0.5) is 5.69 Å². The van der Waals surface area contributed by atoms with Crippen molar-refractivity contribution in [3.05, 3.63) is 47.5 Å². The lowest BCUT2D eigenvalue weighted by molar-refractivity contribution is -0.122. The smallest absolute Gasteiger partial charge is 0.265 e. The number of nitrogens with zero attached hydrogens (tertiary/aromatic N) is 1. The molecule has 30 heavy (non-hydrogen) atoms. The molecule has 1 heterocycles. The standard InChI is InChI=1S/C21H25ClN2O5S/c1-15(29-17-8-6-16(22)7-9-17)21(25)23-19-14-18(10-11-20(19)28-2)30(26,27)24-12-4-3-5-13-24/h6-11,14-15H,3-5,12-13H2,1-2H3,(H,23,25). The molecule has 9 heteroatoms. The van der Waals surface area contributed by atoms with Gasteiger partial charge >= 0.3 is 0 Å². The number of benzene rings is 2. The van der Waals surface area contributed by atoms with Crippen LogP contribution in [-0.2, 0) is 14.8 Å². The molecule has 1 amide bonds. The van der Waals surface area contributed by atoms with Crippen molar-refractivity contribution in [1.82, 2.24) is 4.31 Å². The molecule has 7 nitrogen and oxygen atoms in total. The van der Waals surface area contributed by atoms with Gasteiger partial charge < -0.3 is 14.8 Å². The maximum atomic E-state index is 13.0. The third-order valence-corrected chi connectivity index (χ3v) is 7.02. The average molecular weight is 453 g/mol. The van der Waals surface area contributed by atoms with Crippen molar-refractivity contribution in [3.63, 3.8) is 0 Å². The van der Waals surface area contributed by atoms with Crippen LogP contribution in [0, 0.1) is 0 Å². The highest BCUT2D eigenvalue weighted by Gasteiger charge is 2.27. The number of carbonyl (C=O) groups excluding carboxylic acids is 1. The molecule has 0 aromatic heterocycles. The Morgan fingerprint density at radius 1 is 1.10 bits per heavy atom. The number of hydrogen-bond acceptors (Lipinski definition) is 5. The average Bonchev–Trinajstić information content (AvgIpc) is 2.75. The summed E-state index contributed by atoms with van der Waals surface area (Å²) in [6.07, 6.45) is 1.90. The Morgan fingerprint density at radius 3 is 2.40 bits per heavy atom. The van der Waals surface area contributed by atoms with Crippen molar-refractivity contribution in [2.75, 3.05) is 25.5 Å². The van der Waals surface area contributed by atoms with Gasteiger partial charge in [0.15, 0.2) is 6.10 Å². The Labute approximate surface area is 182 Å². The predicted molar refractivity (Wildman–Crippen MR) is 116 cm³/mol. The molecular weight excluding hydrogens is 428 g/mol. The van der Waals surface area contributed by atoms with Crippen molar-refractivity contribution in [1.29, 1.82) is 0 Å². The molecule has 1 fully saturated rings. The maximum absolute atomic E-state index is 13.0. The molecule has 0 saturated carbocycles. The molecule has 162 valence electrons. The van der Waals surface area contributed by atoms with Crippen LogP contribution in [0.25, 0.3) is 0 Å². The van der Waals surface area contributed by atoms with E-state index in [2.05, 4.69) is 5.32 Å². The zero-order valence-corrected chi connectivity index (χ0v) is 18.5. The SMILES string of the molecule is COc1ccc(S(=O)(=O)N2CCCCC2)cc1NC(=O)C(C)Oc1ccc(Cl)cc1. The highest BCUT2D eigenvalue weighted by atomic mass is 35.5. The highest BCUT2D eigenvalue weighted by Crippen LogP contribution is 2.30. The number of rotatable bonds is 7. The summed E-state index contributed by atoms with van der Waals surface area (Å²) >= 11 is 5.86. The lowest BCUT2D eigenvalue weighted by Crippen LogP contribution is -2.35. The second kappa shape index (κ2) is 9.68. The fourth-order valence-electron chi connectivity index (χ4n) is 3.20. The van der Waals surface area contributed by atoms with Gasteiger partial charge in [0.25, 0.3) is 5.91 Å². The van der Waals surface area contributed by atoms with E-state index in [-0.39, 0.29) is 10.6 Å². The summed E-state index contributed by atoms with van der Waals surface area (Å²) in [6.45, 7) is 2.61. The maximum Gasteiger partial charge on any atom is 0.265 e. The predicted octanol–water partition coefficient (Wildman–Crippen LogP) is 3.93. The molecule has 1 unspecified atom stereocenters. The first kappa shape index (κ1) is 22.4. The lowest BCUT2D eigenvalue weighted by atomic mass is 10.2. The number of halogens is 1. The zero-order chi connectivity index (χ0) is 21.7. The Bertz CT molecular complexity index is 989. The molecule has 0 bridgehead atoms. The van der Waals surface area contributed by atoms with E-state index >= 15 is 0 Å². The number of sulfonamides is 1. The van der Waals surface area contributed by atoms with E-state index in [4.69, 9.17) is 21.1 Å². The van der Waals surface area contributed by atoms with Crippen molar-refractivity contribution < 1.29 is 22.7 Å². The second-order valence-electron chi connectivity index (χ2n) is 7.03. The number of anilines is 1. The van der Waals surface area contributed by atoms with Gasteiger partial charge in [-0.15, -0.1) is 0 Å². The molecule has 2 aromatic carbocycles. The van der Waals surface area contributed by atoms with Gasteiger partial charge in [0.1, 0.15) is 11.5 Å². The topological polar surface area (TPSA) is 84.9 Å². The van der Waals surface area contributed by atoms with Gasteiger partial charge in [-0.25, -0.2) is 8.42 Å². The van der Waals surface area contributed by atoms with E-state index < -0.39 is 22.0 Å². The fraction of sp³-hybridized carbons (Fsp3) is 0.381. The van der Waals surface area contributed by atoms with Gasteiger partial charge in [0.05, 0.1) is 17.7 Å². The Balaban J connectivity index is 1.77. The number of carbonyl (C=O) groups is 1. The fourth-order valence-corrected chi connectivity index (χ4v) is 4.87. The summed E-state index contributed by atoms with van der Waals surface area (Å²) in [5.74, 6) is 0.422. The first-order valence-electron chi connectivity index (χ1n) is 9.72. The monoisotopic (exact) mass is 452 g/mol. The van der Waals surface area contributed by atoms with Gasteiger partial charge in [-0.3, -0.25) is 4.79 Å². The minimum atomic E-state index is -3.64. The van der Waals surface area contributed by atoms with Crippen LogP contribution in [-0.4, -0.2) is 44.9 Å². The largest absolute Gasteiger partial charge is 0.495 e. The molecule has 0 aliphatic carbocycles. The molecule has 0 spiro atoms. The van der Waals surface area contributed by atoms with Crippen LogP contribution in [0.3, 0.4) is 0 Å². The first-order valence-corrected chi connectivity index (χ1v) is 11.5. The number of piperidine rings is 1. The van der Waals surface area contributed by atoms with Gasteiger partial charge in [-0.2, -0.15) is 4.31 Å². The van der Waals surface area contributed by atoms with Crippen molar-refractivity contribution in [3.8, 4) is 11.5 Å². The van der Waals surface area contributed by atoms with Gasteiger partial charge in [-0.1, -0.05) is 18.0 Å². The third kappa shape index (κ3) is 5.24. The minimum absolute atomic E-state index is 0.117. The van der Waals surface area contributed by atoms with Crippen LogP contribution >= 0.6 is 11.6 Å². The summed E-state index contributed by atoms with van der Waals surface area (Å²) in [7, 11) is -2.18. The number of amides is 1. The van der Waals surface area contributed by atoms with Crippen molar-refractivity contribution in [2.45, 2.75) is 37.2 Å². The van der Waals surface area contributed by atoms with Crippen LogP contribution in [0.15, 0.2) is 47.4 Å². The van der Waals surface area contributed by atoms with Crippen LogP contribution in [0.1, 0.15) is 26.2 Å². The van der Waals surface area contributed by atoms with E-state index in [9.17, 15) is 13.2 Å². The van der Waals surface area contributed by atoms with Gasteiger partial charge in [-0.05, 0) is 62.2 Å². The Morgan fingerprint density at radius 2 is 1.77 bits per heavy atom. The Kier molecular flexibility index (Phi) is 7.23. The molecule has 1 aliphatic rings. The van der Waals surface area contributed by atoms with Crippen molar-refractivity contribution in [2.24, 2.45) is 0 Å².